The van der Waals surface area contributed by atoms with E-state index in [4.69, 9.17) is 9.15 Å². The Hall–Kier alpha value is -3.12. The number of fused-ring (bicyclic) bond motifs is 1. The molecule has 1 saturated heterocycles. The lowest BCUT2D eigenvalue weighted by atomic mass is 9.97. The van der Waals surface area contributed by atoms with Crippen LogP contribution in [0.3, 0.4) is 0 Å². The van der Waals surface area contributed by atoms with Crippen molar-refractivity contribution >= 4 is 17.0 Å². The van der Waals surface area contributed by atoms with Crippen molar-refractivity contribution in [3.8, 4) is 5.75 Å². The fourth-order valence-corrected chi connectivity index (χ4v) is 3.99. The van der Waals surface area contributed by atoms with Crippen LogP contribution in [0.2, 0.25) is 0 Å². The molecule has 0 spiro atoms. The summed E-state index contributed by atoms with van der Waals surface area (Å²) in [7, 11) is 1.98. The molecule has 31 heavy (non-hydrogen) atoms. The predicted molar refractivity (Wildman–Crippen MR) is 121 cm³/mol. The highest BCUT2D eigenvalue weighted by atomic mass is 16.5. The molecule has 0 unspecified atom stereocenters. The molecule has 2 heterocycles. The lowest BCUT2D eigenvalue weighted by Gasteiger charge is -2.32. The van der Waals surface area contributed by atoms with Crippen molar-refractivity contribution in [3.05, 3.63) is 72.6 Å². The Kier molecular flexibility index (Phi) is 6.67. The normalized spacial score (nSPS) is 14.8. The number of carbonyl (C=O) groups is 1. The molecule has 0 aliphatic carbocycles. The summed E-state index contributed by atoms with van der Waals surface area (Å²) >= 11 is 0. The zero-order valence-corrected chi connectivity index (χ0v) is 18.0. The second-order valence-electron chi connectivity index (χ2n) is 8.09. The van der Waals surface area contributed by atoms with E-state index in [0.717, 1.165) is 54.2 Å². The van der Waals surface area contributed by atoms with Gasteiger partial charge in [0.1, 0.15) is 17.9 Å². The molecular formula is C25H29N3O3. The van der Waals surface area contributed by atoms with E-state index in [9.17, 15) is 4.79 Å². The number of piperidine rings is 1. The van der Waals surface area contributed by atoms with E-state index >= 15 is 0 Å². The van der Waals surface area contributed by atoms with Gasteiger partial charge in [-0.1, -0.05) is 36.9 Å². The van der Waals surface area contributed by atoms with E-state index in [1.807, 2.05) is 60.5 Å². The van der Waals surface area contributed by atoms with Crippen LogP contribution < -0.4 is 4.74 Å². The number of rotatable bonds is 8. The monoisotopic (exact) mass is 419 g/mol. The van der Waals surface area contributed by atoms with Gasteiger partial charge in [-0.05, 0) is 49.7 Å². The molecule has 1 fully saturated rings. The van der Waals surface area contributed by atoms with E-state index in [1.54, 1.807) is 6.08 Å². The molecule has 6 heteroatoms. The van der Waals surface area contributed by atoms with Crippen LogP contribution in [0.15, 0.2) is 65.6 Å². The summed E-state index contributed by atoms with van der Waals surface area (Å²) in [4.78, 5) is 21.4. The van der Waals surface area contributed by atoms with Crippen molar-refractivity contribution in [2.45, 2.75) is 25.3 Å². The molecule has 2 aromatic carbocycles. The number of ether oxygens (including phenoxy) is 1. The number of likely N-dealkylation sites (tertiary alicyclic amines) is 1. The van der Waals surface area contributed by atoms with Crippen molar-refractivity contribution < 1.29 is 13.9 Å². The van der Waals surface area contributed by atoms with Crippen molar-refractivity contribution in [2.24, 2.45) is 0 Å². The highest BCUT2D eigenvalue weighted by Gasteiger charge is 2.27. The Morgan fingerprint density at radius 1 is 1.23 bits per heavy atom. The van der Waals surface area contributed by atoms with Crippen LogP contribution >= 0.6 is 0 Å². The SMILES string of the molecule is C=CCOc1ccc(CN(C)CC(=O)N2CCC(c3nc4ccccc4o3)CC2)cc1. The molecule has 1 amide bonds. The fraction of sp³-hybridized carbons (Fsp3) is 0.360. The van der Waals surface area contributed by atoms with Gasteiger partial charge in [0.15, 0.2) is 11.5 Å². The molecule has 1 aliphatic rings. The zero-order valence-electron chi connectivity index (χ0n) is 18.0. The van der Waals surface area contributed by atoms with E-state index in [1.165, 1.54) is 0 Å². The van der Waals surface area contributed by atoms with Gasteiger partial charge in [0, 0.05) is 25.6 Å². The molecule has 1 aliphatic heterocycles. The van der Waals surface area contributed by atoms with E-state index in [-0.39, 0.29) is 11.8 Å². The second kappa shape index (κ2) is 9.79. The first-order valence-electron chi connectivity index (χ1n) is 10.8. The van der Waals surface area contributed by atoms with Crippen molar-refractivity contribution in [3.63, 3.8) is 0 Å². The molecule has 6 nitrogen and oxygen atoms in total. The third-order valence-corrected chi connectivity index (χ3v) is 5.66. The molecule has 0 radical (unpaired) electrons. The maximum absolute atomic E-state index is 12.8. The van der Waals surface area contributed by atoms with Crippen LogP contribution in [-0.2, 0) is 11.3 Å². The smallest absolute Gasteiger partial charge is 0.236 e. The van der Waals surface area contributed by atoms with Gasteiger partial charge < -0.3 is 14.1 Å². The van der Waals surface area contributed by atoms with Crippen molar-refractivity contribution in [1.29, 1.82) is 0 Å². The van der Waals surface area contributed by atoms with Crippen molar-refractivity contribution in [1.82, 2.24) is 14.8 Å². The van der Waals surface area contributed by atoms with Crippen LogP contribution in [0, 0.1) is 0 Å². The number of aromatic nitrogens is 1. The number of benzene rings is 2. The maximum Gasteiger partial charge on any atom is 0.236 e. The molecule has 0 N–H and O–H groups in total. The molecule has 0 bridgehead atoms. The Labute approximate surface area is 183 Å². The number of amides is 1. The van der Waals surface area contributed by atoms with Crippen LogP contribution in [0.5, 0.6) is 5.75 Å². The molecule has 3 aromatic rings. The lowest BCUT2D eigenvalue weighted by Crippen LogP contribution is -2.42. The first-order valence-corrected chi connectivity index (χ1v) is 10.8. The molecule has 0 atom stereocenters. The molecular weight excluding hydrogens is 390 g/mol. The summed E-state index contributed by atoms with van der Waals surface area (Å²) < 4.78 is 11.4. The average Bonchev–Trinajstić information content (AvgIpc) is 3.23. The summed E-state index contributed by atoms with van der Waals surface area (Å²) in [5.41, 5.74) is 2.88. The first-order chi connectivity index (χ1) is 15.1. The van der Waals surface area contributed by atoms with E-state index < -0.39 is 0 Å². The minimum atomic E-state index is 0.171. The number of carbonyl (C=O) groups excluding carboxylic acids is 1. The van der Waals surface area contributed by atoms with Gasteiger partial charge in [0.25, 0.3) is 0 Å². The quantitative estimate of drug-likeness (QED) is 0.512. The van der Waals surface area contributed by atoms with Gasteiger partial charge >= 0.3 is 0 Å². The summed E-state index contributed by atoms with van der Waals surface area (Å²) in [6, 6.07) is 15.8. The van der Waals surface area contributed by atoms with Crippen molar-refractivity contribution in [2.75, 3.05) is 33.3 Å². The summed E-state index contributed by atoms with van der Waals surface area (Å²) in [5, 5.41) is 0. The van der Waals surface area contributed by atoms with Crippen LogP contribution in [0.4, 0.5) is 0 Å². The Morgan fingerprint density at radius 3 is 2.68 bits per heavy atom. The van der Waals surface area contributed by atoms with Crippen LogP contribution in [0.25, 0.3) is 11.1 Å². The maximum atomic E-state index is 12.8. The Balaban J connectivity index is 1.25. The van der Waals surface area contributed by atoms with Gasteiger partial charge in [-0.3, -0.25) is 9.69 Å². The number of likely N-dealkylation sites (N-methyl/N-ethyl adjacent to an activating group) is 1. The lowest BCUT2D eigenvalue weighted by molar-refractivity contribution is -0.133. The van der Waals surface area contributed by atoms with Gasteiger partial charge in [0.05, 0.1) is 6.54 Å². The topological polar surface area (TPSA) is 58.8 Å². The number of para-hydroxylation sites is 2. The van der Waals surface area contributed by atoms with Crippen LogP contribution in [-0.4, -0.2) is 54.0 Å². The minimum absolute atomic E-state index is 0.171. The standard InChI is InChI=1S/C25H29N3O3/c1-3-16-30-21-10-8-19(9-11-21)17-27(2)18-24(29)28-14-12-20(13-15-28)25-26-22-6-4-5-7-23(22)31-25/h3-11,20H,1,12-18H2,2H3. The largest absolute Gasteiger partial charge is 0.490 e. The minimum Gasteiger partial charge on any atom is -0.490 e. The second-order valence-corrected chi connectivity index (χ2v) is 8.09. The number of nitrogens with zero attached hydrogens (tertiary/aromatic N) is 3. The van der Waals surface area contributed by atoms with Gasteiger partial charge in [0.2, 0.25) is 5.91 Å². The van der Waals surface area contributed by atoms with Gasteiger partial charge in [-0.15, -0.1) is 0 Å². The number of hydrogen-bond donors (Lipinski definition) is 0. The van der Waals surface area contributed by atoms with Gasteiger partial charge in [-0.25, -0.2) is 4.98 Å². The molecule has 0 saturated carbocycles. The summed E-state index contributed by atoms with van der Waals surface area (Å²) in [6.07, 6.45) is 3.49. The highest BCUT2D eigenvalue weighted by Crippen LogP contribution is 2.30. The zero-order chi connectivity index (χ0) is 21.6. The van der Waals surface area contributed by atoms with Crippen LogP contribution in [0.1, 0.15) is 30.2 Å². The molecule has 4 rings (SSSR count). The highest BCUT2D eigenvalue weighted by molar-refractivity contribution is 5.78. The fourth-order valence-electron chi connectivity index (χ4n) is 3.99. The first kappa shape index (κ1) is 21.1. The van der Waals surface area contributed by atoms with E-state index in [0.29, 0.717) is 19.7 Å². The van der Waals surface area contributed by atoms with E-state index in [2.05, 4.69) is 16.5 Å². The number of oxazole rings is 1. The van der Waals surface area contributed by atoms with Gasteiger partial charge in [-0.2, -0.15) is 0 Å². The summed E-state index contributed by atoms with van der Waals surface area (Å²) in [6.45, 7) is 6.75. The Morgan fingerprint density at radius 2 is 1.97 bits per heavy atom. The molecule has 1 aromatic heterocycles. The molecule has 162 valence electrons. The number of hydrogen-bond acceptors (Lipinski definition) is 5. The summed E-state index contributed by atoms with van der Waals surface area (Å²) in [5.74, 6) is 2.07. The third kappa shape index (κ3) is 5.33. The predicted octanol–water partition coefficient (Wildman–Crippen LogP) is 4.23. The third-order valence-electron chi connectivity index (χ3n) is 5.66. The Bertz CT molecular complexity index is 987. The average molecular weight is 420 g/mol.